The summed E-state index contributed by atoms with van der Waals surface area (Å²) < 4.78 is 29.0. The summed E-state index contributed by atoms with van der Waals surface area (Å²) in [5, 5.41) is 12.6. The second-order valence-corrected chi connectivity index (χ2v) is 8.18. The van der Waals surface area contributed by atoms with Crippen LogP contribution in [-0.4, -0.2) is 16.8 Å². The standard InChI is InChI=1S/C21H12BrF2NO3S/c22-12-5-3-11(4-6-12)19(26)17-18(16-2-1-9-29-16)25(21(28)20(17)27)15-10-13(23)7-8-14(15)24/h1-10,18,26H/b19-17-. The number of carbonyl (C=O) groups is 2. The second kappa shape index (κ2) is 7.53. The zero-order valence-corrected chi connectivity index (χ0v) is 17.0. The first kappa shape index (κ1) is 19.5. The predicted octanol–water partition coefficient (Wildman–Crippen LogP) is 5.42. The molecule has 1 N–H and O–H groups in total. The summed E-state index contributed by atoms with van der Waals surface area (Å²) in [6.45, 7) is 0. The van der Waals surface area contributed by atoms with E-state index in [9.17, 15) is 23.5 Å². The van der Waals surface area contributed by atoms with Gasteiger partial charge in [-0.15, -0.1) is 11.3 Å². The van der Waals surface area contributed by atoms with Gasteiger partial charge in [-0.3, -0.25) is 14.5 Å². The summed E-state index contributed by atoms with van der Waals surface area (Å²) in [5.74, 6) is -3.98. The van der Waals surface area contributed by atoms with Gasteiger partial charge in [0.15, 0.2) is 0 Å². The van der Waals surface area contributed by atoms with Gasteiger partial charge in [0.2, 0.25) is 0 Å². The van der Waals surface area contributed by atoms with E-state index in [1.54, 1.807) is 41.8 Å². The highest BCUT2D eigenvalue weighted by Crippen LogP contribution is 2.44. The molecule has 2 aromatic carbocycles. The van der Waals surface area contributed by atoms with E-state index in [0.717, 1.165) is 27.6 Å². The van der Waals surface area contributed by atoms with Gasteiger partial charge >= 0.3 is 0 Å². The lowest BCUT2D eigenvalue weighted by Gasteiger charge is -2.24. The molecular weight excluding hydrogens is 464 g/mol. The summed E-state index contributed by atoms with van der Waals surface area (Å²) >= 11 is 4.53. The number of halogens is 3. The van der Waals surface area contributed by atoms with E-state index in [0.29, 0.717) is 10.4 Å². The third-order valence-corrected chi connectivity index (χ3v) is 6.00. The summed E-state index contributed by atoms with van der Waals surface area (Å²) in [4.78, 5) is 27.1. The molecule has 1 atom stereocenters. The van der Waals surface area contributed by atoms with Crippen molar-refractivity contribution in [2.24, 2.45) is 0 Å². The van der Waals surface area contributed by atoms with Crippen LogP contribution in [0.3, 0.4) is 0 Å². The normalized spacial score (nSPS) is 18.4. The van der Waals surface area contributed by atoms with Crippen LogP contribution in [0.15, 0.2) is 70.0 Å². The molecule has 0 aliphatic carbocycles. The van der Waals surface area contributed by atoms with Gasteiger partial charge in [-0.1, -0.05) is 34.1 Å². The molecule has 0 saturated carbocycles. The zero-order chi connectivity index (χ0) is 20.7. The van der Waals surface area contributed by atoms with Crippen molar-refractivity contribution >= 4 is 50.4 Å². The first-order valence-corrected chi connectivity index (χ1v) is 10.1. The Balaban J connectivity index is 1.95. The van der Waals surface area contributed by atoms with Gasteiger partial charge in [-0.2, -0.15) is 0 Å². The SMILES string of the molecule is O=C1C(=O)N(c2cc(F)ccc2F)C(c2cccs2)/C1=C(/O)c1ccc(Br)cc1. The van der Waals surface area contributed by atoms with Gasteiger partial charge in [0.1, 0.15) is 23.4 Å². The molecule has 1 fully saturated rings. The Bertz CT molecular complexity index is 1140. The van der Waals surface area contributed by atoms with E-state index >= 15 is 0 Å². The van der Waals surface area contributed by atoms with Crippen molar-refractivity contribution in [3.8, 4) is 0 Å². The Hall–Kier alpha value is -2.84. The summed E-state index contributed by atoms with van der Waals surface area (Å²) in [6, 6.07) is 11.5. The molecular formula is C21H12BrF2NO3S. The topological polar surface area (TPSA) is 57.6 Å². The monoisotopic (exact) mass is 475 g/mol. The molecule has 1 aromatic heterocycles. The number of aliphatic hydroxyl groups is 1. The lowest BCUT2D eigenvalue weighted by molar-refractivity contribution is -0.132. The molecule has 4 rings (SSSR count). The summed E-state index contributed by atoms with van der Waals surface area (Å²) in [5.41, 5.74) is -0.212. The number of hydrogen-bond donors (Lipinski definition) is 1. The number of nitrogens with zero attached hydrogens (tertiary/aromatic N) is 1. The smallest absolute Gasteiger partial charge is 0.300 e. The zero-order valence-electron chi connectivity index (χ0n) is 14.6. The van der Waals surface area contributed by atoms with Crippen molar-refractivity contribution < 1.29 is 23.5 Å². The highest BCUT2D eigenvalue weighted by Gasteiger charge is 2.48. The Morgan fingerprint density at radius 2 is 1.79 bits per heavy atom. The molecule has 0 bridgehead atoms. The van der Waals surface area contributed by atoms with Crippen LogP contribution in [0.2, 0.25) is 0 Å². The second-order valence-electron chi connectivity index (χ2n) is 6.29. The Morgan fingerprint density at radius 3 is 2.45 bits per heavy atom. The predicted molar refractivity (Wildman–Crippen MR) is 110 cm³/mol. The Labute approximate surface area is 176 Å². The van der Waals surface area contributed by atoms with E-state index in [4.69, 9.17) is 0 Å². The highest BCUT2D eigenvalue weighted by molar-refractivity contribution is 9.10. The number of benzene rings is 2. The fourth-order valence-electron chi connectivity index (χ4n) is 3.23. The first-order valence-electron chi connectivity index (χ1n) is 8.44. The molecule has 0 radical (unpaired) electrons. The van der Waals surface area contributed by atoms with Crippen molar-refractivity contribution in [2.45, 2.75) is 6.04 Å². The molecule has 146 valence electrons. The number of Topliss-reactive ketones (excluding diaryl/α,β-unsaturated/α-hetero) is 1. The van der Waals surface area contributed by atoms with Crippen molar-refractivity contribution in [2.75, 3.05) is 4.90 Å². The van der Waals surface area contributed by atoms with Crippen LogP contribution in [0.25, 0.3) is 5.76 Å². The summed E-state index contributed by atoms with van der Waals surface area (Å²) in [6.07, 6.45) is 0. The average molecular weight is 476 g/mol. The van der Waals surface area contributed by atoms with E-state index in [-0.39, 0.29) is 17.0 Å². The van der Waals surface area contributed by atoms with Gasteiger partial charge in [0.25, 0.3) is 11.7 Å². The lowest BCUT2D eigenvalue weighted by Crippen LogP contribution is -2.30. The number of thiophene rings is 1. The van der Waals surface area contributed by atoms with E-state index in [2.05, 4.69) is 15.9 Å². The molecule has 8 heteroatoms. The van der Waals surface area contributed by atoms with Crippen molar-refractivity contribution in [1.29, 1.82) is 0 Å². The molecule has 1 unspecified atom stereocenters. The van der Waals surface area contributed by atoms with Gasteiger partial charge in [-0.05, 0) is 35.7 Å². The molecule has 1 aliphatic rings. The molecule has 3 aromatic rings. The minimum absolute atomic E-state index is 0.177. The fourth-order valence-corrected chi connectivity index (χ4v) is 4.32. The van der Waals surface area contributed by atoms with Gasteiger partial charge in [0, 0.05) is 21.0 Å². The van der Waals surface area contributed by atoms with Crippen molar-refractivity contribution in [1.82, 2.24) is 0 Å². The molecule has 2 heterocycles. The Kier molecular flexibility index (Phi) is 5.06. The third-order valence-electron chi connectivity index (χ3n) is 4.54. The van der Waals surface area contributed by atoms with Crippen LogP contribution in [0, 0.1) is 11.6 Å². The minimum atomic E-state index is -1.07. The highest BCUT2D eigenvalue weighted by atomic mass is 79.9. The number of aliphatic hydroxyl groups excluding tert-OH is 1. The van der Waals surface area contributed by atoms with Crippen LogP contribution in [0.5, 0.6) is 0 Å². The maximum Gasteiger partial charge on any atom is 0.300 e. The minimum Gasteiger partial charge on any atom is -0.507 e. The van der Waals surface area contributed by atoms with Crippen molar-refractivity contribution in [3.05, 3.63) is 92.1 Å². The van der Waals surface area contributed by atoms with Gasteiger partial charge in [-0.25, -0.2) is 8.78 Å². The van der Waals surface area contributed by atoms with Crippen LogP contribution in [-0.2, 0) is 9.59 Å². The molecule has 0 spiro atoms. The number of carbonyl (C=O) groups excluding carboxylic acids is 2. The van der Waals surface area contributed by atoms with Crippen LogP contribution in [0.4, 0.5) is 14.5 Å². The quantitative estimate of drug-likeness (QED) is 0.312. The van der Waals surface area contributed by atoms with E-state index in [1.807, 2.05) is 0 Å². The van der Waals surface area contributed by atoms with E-state index < -0.39 is 29.4 Å². The molecule has 1 amide bonds. The van der Waals surface area contributed by atoms with E-state index in [1.165, 1.54) is 11.3 Å². The number of ketones is 1. The van der Waals surface area contributed by atoms with Gasteiger partial charge < -0.3 is 5.11 Å². The maximum atomic E-state index is 14.5. The lowest BCUT2D eigenvalue weighted by atomic mass is 10.00. The molecule has 1 saturated heterocycles. The van der Waals surface area contributed by atoms with Crippen LogP contribution < -0.4 is 4.90 Å². The number of anilines is 1. The third kappa shape index (κ3) is 3.38. The fraction of sp³-hybridized carbons (Fsp3) is 0.0476. The van der Waals surface area contributed by atoms with Crippen LogP contribution in [0.1, 0.15) is 16.5 Å². The maximum absolute atomic E-state index is 14.5. The molecule has 4 nitrogen and oxygen atoms in total. The summed E-state index contributed by atoms with van der Waals surface area (Å²) in [7, 11) is 0. The van der Waals surface area contributed by atoms with Gasteiger partial charge in [0.05, 0.1) is 11.3 Å². The number of rotatable bonds is 3. The number of hydrogen-bond acceptors (Lipinski definition) is 4. The Morgan fingerprint density at radius 1 is 1.07 bits per heavy atom. The first-order chi connectivity index (χ1) is 13.9. The molecule has 1 aliphatic heterocycles. The average Bonchev–Trinajstić information content (AvgIpc) is 3.31. The van der Waals surface area contributed by atoms with Crippen molar-refractivity contribution in [3.63, 3.8) is 0 Å². The molecule has 29 heavy (non-hydrogen) atoms. The number of amides is 1. The van der Waals surface area contributed by atoms with Crippen LogP contribution >= 0.6 is 27.3 Å². The largest absolute Gasteiger partial charge is 0.507 e.